The van der Waals surface area contributed by atoms with E-state index < -0.39 is 29.8 Å². The number of carbonyl (C=O) groups is 2. The molecule has 2 amide bonds. The molecule has 1 saturated carbocycles. The summed E-state index contributed by atoms with van der Waals surface area (Å²) < 4.78 is 19.3. The Morgan fingerprint density at radius 1 is 1.37 bits per heavy atom. The van der Waals surface area contributed by atoms with Crippen molar-refractivity contribution in [2.24, 2.45) is 11.8 Å². The molecule has 1 aliphatic carbocycles. The molecule has 0 aromatic carbocycles. The maximum atomic E-state index is 14.3. The number of pyridine rings is 2. The molecule has 9 nitrogen and oxygen atoms in total. The standard InChI is InChI=1S/C17H19FN4O5/c1-27-13-3-2-11-15(21-13)14(10(18)7-19-11)22-16(24)8-4-9(12(23)5-8)6-20-17(25)26/h2-3,7-9,12,20,23H,4-6H2,1H3,(H,25,26)(H,19,22,24)/t8-,9+,12-/m0/s1. The number of carbonyl (C=O) groups excluding carboxylic acids is 1. The summed E-state index contributed by atoms with van der Waals surface area (Å²) in [5.74, 6) is -1.91. The SMILES string of the molecule is COc1ccc2ncc(F)c(NC(=O)[C@H]3C[C@H](CNC(=O)O)[C@@H](O)C3)c2n1. The minimum absolute atomic E-state index is 0.0472. The molecule has 2 aromatic heterocycles. The van der Waals surface area contributed by atoms with Gasteiger partial charge in [-0.3, -0.25) is 9.78 Å². The van der Waals surface area contributed by atoms with Gasteiger partial charge in [0.05, 0.1) is 24.9 Å². The van der Waals surface area contributed by atoms with Gasteiger partial charge in [-0.1, -0.05) is 0 Å². The largest absolute Gasteiger partial charge is 0.481 e. The fourth-order valence-electron chi connectivity index (χ4n) is 3.24. The highest BCUT2D eigenvalue weighted by atomic mass is 19.1. The minimum Gasteiger partial charge on any atom is -0.481 e. The van der Waals surface area contributed by atoms with Crippen LogP contribution in [0.15, 0.2) is 18.3 Å². The number of rotatable bonds is 5. The van der Waals surface area contributed by atoms with Crippen LogP contribution in [-0.4, -0.2) is 51.9 Å². The maximum Gasteiger partial charge on any atom is 0.404 e. The highest BCUT2D eigenvalue weighted by Crippen LogP contribution is 2.33. The maximum absolute atomic E-state index is 14.3. The molecule has 1 fully saturated rings. The van der Waals surface area contributed by atoms with Crippen LogP contribution in [0.2, 0.25) is 0 Å². The average molecular weight is 378 g/mol. The molecule has 27 heavy (non-hydrogen) atoms. The molecule has 10 heteroatoms. The van der Waals surface area contributed by atoms with E-state index >= 15 is 0 Å². The van der Waals surface area contributed by atoms with Crippen molar-refractivity contribution in [1.29, 1.82) is 0 Å². The van der Waals surface area contributed by atoms with Crippen molar-refractivity contribution in [3.8, 4) is 5.88 Å². The van der Waals surface area contributed by atoms with Crippen molar-refractivity contribution >= 4 is 28.7 Å². The Labute approximate surface area is 153 Å². The van der Waals surface area contributed by atoms with Crippen molar-refractivity contribution in [1.82, 2.24) is 15.3 Å². The van der Waals surface area contributed by atoms with E-state index in [1.54, 1.807) is 12.1 Å². The third kappa shape index (κ3) is 4.05. The number of hydrogen-bond acceptors (Lipinski definition) is 6. The Bertz CT molecular complexity index is 878. The lowest BCUT2D eigenvalue weighted by Crippen LogP contribution is -2.31. The van der Waals surface area contributed by atoms with Gasteiger partial charge in [-0.25, -0.2) is 14.2 Å². The predicted molar refractivity (Wildman–Crippen MR) is 92.9 cm³/mol. The molecule has 0 saturated heterocycles. The quantitative estimate of drug-likeness (QED) is 0.617. The van der Waals surface area contributed by atoms with Crippen LogP contribution in [0, 0.1) is 17.7 Å². The number of nitrogens with one attached hydrogen (secondary N) is 2. The number of halogens is 1. The van der Waals surface area contributed by atoms with Crippen LogP contribution in [0.3, 0.4) is 0 Å². The highest BCUT2D eigenvalue weighted by Gasteiger charge is 2.37. The van der Waals surface area contributed by atoms with Gasteiger partial charge in [0.2, 0.25) is 11.8 Å². The van der Waals surface area contributed by atoms with Crippen LogP contribution in [0.25, 0.3) is 11.0 Å². The summed E-state index contributed by atoms with van der Waals surface area (Å²) in [5.41, 5.74) is 0.443. The first-order chi connectivity index (χ1) is 12.9. The second-order valence-corrected chi connectivity index (χ2v) is 6.37. The molecule has 0 spiro atoms. The second kappa shape index (κ2) is 7.70. The molecule has 0 aliphatic heterocycles. The van der Waals surface area contributed by atoms with Crippen LogP contribution < -0.4 is 15.4 Å². The van der Waals surface area contributed by atoms with E-state index in [1.165, 1.54) is 7.11 Å². The van der Waals surface area contributed by atoms with Gasteiger partial charge in [0, 0.05) is 24.4 Å². The van der Waals surface area contributed by atoms with E-state index in [4.69, 9.17) is 9.84 Å². The molecular weight excluding hydrogens is 359 g/mol. The number of methoxy groups -OCH3 is 1. The van der Waals surface area contributed by atoms with Crippen LogP contribution in [0.4, 0.5) is 14.9 Å². The number of ether oxygens (including phenoxy) is 1. The van der Waals surface area contributed by atoms with Crippen LogP contribution in [0.5, 0.6) is 5.88 Å². The number of carboxylic acid groups (broad SMARTS) is 1. The minimum atomic E-state index is -1.19. The van der Waals surface area contributed by atoms with Crippen LogP contribution in [0.1, 0.15) is 12.8 Å². The first-order valence-electron chi connectivity index (χ1n) is 8.34. The lowest BCUT2D eigenvalue weighted by Gasteiger charge is -2.14. The number of hydrogen-bond donors (Lipinski definition) is 4. The van der Waals surface area contributed by atoms with Gasteiger partial charge >= 0.3 is 6.09 Å². The van der Waals surface area contributed by atoms with Crippen LogP contribution in [-0.2, 0) is 4.79 Å². The normalized spacial score (nSPS) is 21.8. The van der Waals surface area contributed by atoms with E-state index in [1.807, 2.05) is 0 Å². The van der Waals surface area contributed by atoms with Crippen LogP contribution >= 0.6 is 0 Å². The highest BCUT2D eigenvalue weighted by molar-refractivity contribution is 6.00. The lowest BCUT2D eigenvalue weighted by atomic mass is 10.0. The lowest BCUT2D eigenvalue weighted by molar-refractivity contribution is -0.119. The van der Waals surface area contributed by atoms with E-state index in [0.29, 0.717) is 5.52 Å². The summed E-state index contributed by atoms with van der Waals surface area (Å²) in [6.45, 7) is 0.0472. The Kier molecular flexibility index (Phi) is 5.36. The third-order valence-corrected chi connectivity index (χ3v) is 4.64. The first-order valence-corrected chi connectivity index (χ1v) is 8.34. The molecule has 0 bridgehead atoms. The number of amides is 2. The van der Waals surface area contributed by atoms with Crippen molar-refractivity contribution in [3.63, 3.8) is 0 Å². The Balaban J connectivity index is 1.78. The third-order valence-electron chi connectivity index (χ3n) is 4.64. The second-order valence-electron chi connectivity index (χ2n) is 6.37. The average Bonchev–Trinajstić information content (AvgIpc) is 3.02. The van der Waals surface area contributed by atoms with E-state index in [9.17, 15) is 19.1 Å². The molecule has 2 aromatic rings. The Morgan fingerprint density at radius 3 is 2.85 bits per heavy atom. The fourth-order valence-corrected chi connectivity index (χ4v) is 3.24. The number of anilines is 1. The van der Waals surface area contributed by atoms with Gasteiger partial charge < -0.3 is 25.6 Å². The zero-order valence-corrected chi connectivity index (χ0v) is 14.5. The Morgan fingerprint density at radius 2 is 2.15 bits per heavy atom. The molecule has 144 valence electrons. The van der Waals surface area contributed by atoms with Gasteiger partial charge in [0.25, 0.3) is 0 Å². The topological polar surface area (TPSA) is 134 Å². The number of aliphatic hydroxyl groups excluding tert-OH is 1. The van der Waals surface area contributed by atoms with Gasteiger partial charge in [0.15, 0.2) is 5.82 Å². The van der Waals surface area contributed by atoms with Crippen molar-refractivity contribution in [2.45, 2.75) is 18.9 Å². The Hall–Kier alpha value is -3.01. The predicted octanol–water partition coefficient (Wildman–Crippen LogP) is 1.37. The van der Waals surface area contributed by atoms with E-state index in [0.717, 1.165) is 6.20 Å². The van der Waals surface area contributed by atoms with Gasteiger partial charge in [-0.05, 0) is 18.9 Å². The fraction of sp³-hybridized carbons (Fsp3) is 0.412. The zero-order chi connectivity index (χ0) is 19.6. The monoisotopic (exact) mass is 378 g/mol. The van der Waals surface area contributed by atoms with Crippen molar-refractivity contribution in [3.05, 3.63) is 24.1 Å². The number of nitrogens with zero attached hydrogens (tertiary/aromatic N) is 2. The van der Waals surface area contributed by atoms with Crippen molar-refractivity contribution in [2.75, 3.05) is 19.0 Å². The van der Waals surface area contributed by atoms with E-state index in [-0.39, 0.29) is 42.4 Å². The van der Waals surface area contributed by atoms with Gasteiger partial charge in [0.1, 0.15) is 11.2 Å². The molecular formula is C17H19FN4O5. The summed E-state index contributed by atoms with van der Waals surface area (Å²) >= 11 is 0. The molecule has 3 atom stereocenters. The number of fused-ring (bicyclic) bond motifs is 1. The zero-order valence-electron chi connectivity index (χ0n) is 14.5. The smallest absolute Gasteiger partial charge is 0.404 e. The number of aromatic nitrogens is 2. The number of aliphatic hydroxyl groups is 1. The first kappa shape index (κ1) is 18.8. The molecule has 3 rings (SSSR count). The van der Waals surface area contributed by atoms with Crippen molar-refractivity contribution < 1.29 is 28.9 Å². The van der Waals surface area contributed by atoms with Gasteiger partial charge in [-0.15, -0.1) is 0 Å². The molecule has 4 N–H and O–H groups in total. The summed E-state index contributed by atoms with van der Waals surface area (Å²) in [7, 11) is 1.42. The van der Waals surface area contributed by atoms with E-state index in [2.05, 4.69) is 20.6 Å². The van der Waals surface area contributed by atoms with Gasteiger partial charge in [-0.2, -0.15) is 0 Å². The summed E-state index contributed by atoms with van der Waals surface area (Å²) in [6.07, 6.45) is -0.562. The summed E-state index contributed by atoms with van der Waals surface area (Å²) in [4.78, 5) is 31.3. The molecule has 1 aliphatic rings. The molecule has 0 radical (unpaired) electrons. The summed E-state index contributed by atoms with van der Waals surface area (Å²) in [5, 5.41) is 23.5. The molecule has 0 unspecified atom stereocenters. The molecule has 2 heterocycles. The summed E-state index contributed by atoms with van der Waals surface area (Å²) in [6, 6.07) is 3.18.